The minimum atomic E-state index is 0.392. The van der Waals surface area contributed by atoms with Crippen molar-refractivity contribution in [3.63, 3.8) is 0 Å². The van der Waals surface area contributed by atoms with E-state index < -0.39 is 0 Å². The van der Waals surface area contributed by atoms with Gasteiger partial charge in [0.1, 0.15) is 5.52 Å². The number of hydrogen-bond donors (Lipinski definition) is 0. The molecule has 3 heterocycles. The molecule has 2 aromatic heterocycles. The average Bonchev–Trinajstić information content (AvgIpc) is 3.27. The van der Waals surface area contributed by atoms with Gasteiger partial charge in [0.05, 0.1) is 31.3 Å². The van der Waals surface area contributed by atoms with Crippen molar-refractivity contribution >= 4 is 11.0 Å². The molecule has 0 spiro atoms. The van der Waals surface area contributed by atoms with E-state index in [-0.39, 0.29) is 0 Å². The summed E-state index contributed by atoms with van der Waals surface area (Å²) in [7, 11) is 1.68. The van der Waals surface area contributed by atoms with E-state index in [2.05, 4.69) is 60.5 Å². The molecule has 9 heteroatoms. The zero-order chi connectivity index (χ0) is 17.9. The summed E-state index contributed by atoms with van der Waals surface area (Å²) in [5, 5.41) is 20.7. The highest BCUT2D eigenvalue weighted by Crippen LogP contribution is 2.26. The van der Waals surface area contributed by atoms with Gasteiger partial charge in [0.25, 0.3) is 0 Å². The van der Waals surface area contributed by atoms with Gasteiger partial charge in [-0.2, -0.15) is 0 Å². The van der Waals surface area contributed by atoms with E-state index in [4.69, 9.17) is 4.74 Å². The lowest BCUT2D eigenvalue weighted by Crippen LogP contribution is -2.35. The highest BCUT2D eigenvalue weighted by molar-refractivity contribution is 5.75. The standard InChI is InChI=1S/C17H24N8O/c1-13-3-4-16-15(11-13)18-21-25(16)14-5-7-23(8-6-14)12-17-19-20-22-24(17)9-10-26-2/h3-4,11,14H,5-10,12H2,1-2H3. The minimum Gasteiger partial charge on any atom is -0.383 e. The van der Waals surface area contributed by atoms with E-state index in [9.17, 15) is 0 Å². The molecule has 0 amide bonds. The van der Waals surface area contributed by atoms with Crippen molar-refractivity contribution in [3.8, 4) is 0 Å². The van der Waals surface area contributed by atoms with Gasteiger partial charge in [-0.15, -0.1) is 10.2 Å². The SMILES string of the molecule is COCCn1nnnc1CN1CCC(n2nnc3cc(C)ccc32)CC1. The van der Waals surface area contributed by atoms with Crippen LogP contribution in [0.25, 0.3) is 11.0 Å². The van der Waals surface area contributed by atoms with Gasteiger partial charge >= 0.3 is 0 Å². The summed E-state index contributed by atoms with van der Waals surface area (Å²) in [6.07, 6.45) is 2.10. The highest BCUT2D eigenvalue weighted by Gasteiger charge is 2.24. The predicted octanol–water partition coefficient (Wildman–Crippen LogP) is 1.21. The van der Waals surface area contributed by atoms with Crippen molar-refractivity contribution in [1.29, 1.82) is 0 Å². The van der Waals surface area contributed by atoms with Gasteiger partial charge in [-0.05, 0) is 47.9 Å². The second-order valence-corrected chi connectivity index (χ2v) is 6.84. The molecule has 3 aromatic rings. The first-order chi connectivity index (χ1) is 12.7. The third-order valence-electron chi connectivity index (χ3n) is 5.01. The summed E-state index contributed by atoms with van der Waals surface area (Å²) in [4.78, 5) is 2.40. The summed E-state index contributed by atoms with van der Waals surface area (Å²) in [6.45, 7) is 6.13. The van der Waals surface area contributed by atoms with Crippen molar-refractivity contribution in [3.05, 3.63) is 29.6 Å². The number of hydrogen-bond acceptors (Lipinski definition) is 7. The van der Waals surface area contributed by atoms with Gasteiger partial charge in [0.15, 0.2) is 5.82 Å². The lowest BCUT2D eigenvalue weighted by Gasteiger charge is -2.31. The van der Waals surface area contributed by atoms with Crippen LogP contribution in [-0.4, -0.2) is 66.9 Å². The smallest absolute Gasteiger partial charge is 0.165 e. The quantitative estimate of drug-likeness (QED) is 0.656. The van der Waals surface area contributed by atoms with E-state index in [1.54, 1.807) is 7.11 Å². The summed E-state index contributed by atoms with van der Waals surface area (Å²) < 4.78 is 9.03. The van der Waals surface area contributed by atoms with Gasteiger partial charge < -0.3 is 4.74 Å². The highest BCUT2D eigenvalue weighted by atomic mass is 16.5. The van der Waals surface area contributed by atoms with Gasteiger partial charge in [-0.25, -0.2) is 9.36 Å². The maximum atomic E-state index is 5.11. The predicted molar refractivity (Wildman–Crippen MR) is 95.5 cm³/mol. The van der Waals surface area contributed by atoms with Gasteiger partial charge in [0.2, 0.25) is 0 Å². The molecular weight excluding hydrogens is 332 g/mol. The molecule has 1 aliphatic heterocycles. The van der Waals surface area contributed by atoms with Crippen LogP contribution >= 0.6 is 0 Å². The normalized spacial score (nSPS) is 16.5. The number of piperidine rings is 1. The number of ether oxygens (including phenoxy) is 1. The number of nitrogens with zero attached hydrogens (tertiary/aromatic N) is 8. The van der Waals surface area contributed by atoms with Crippen LogP contribution in [-0.2, 0) is 17.8 Å². The lowest BCUT2D eigenvalue weighted by atomic mass is 10.0. The summed E-state index contributed by atoms with van der Waals surface area (Å²) in [5.41, 5.74) is 3.31. The Bertz CT molecular complexity index is 865. The Kier molecular flexibility index (Phi) is 4.89. The van der Waals surface area contributed by atoms with Crippen LogP contribution in [0.15, 0.2) is 18.2 Å². The molecule has 138 valence electrons. The molecule has 1 aromatic carbocycles. The van der Waals surface area contributed by atoms with Crippen LogP contribution in [0.2, 0.25) is 0 Å². The molecule has 1 fully saturated rings. The third-order valence-corrected chi connectivity index (χ3v) is 5.01. The van der Waals surface area contributed by atoms with Crippen molar-refractivity contribution in [2.45, 2.75) is 38.9 Å². The van der Waals surface area contributed by atoms with Crippen molar-refractivity contribution in [2.24, 2.45) is 0 Å². The first-order valence-electron chi connectivity index (χ1n) is 9.02. The zero-order valence-electron chi connectivity index (χ0n) is 15.2. The topological polar surface area (TPSA) is 86.8 Å². The number of fused-ring (bicyclic) bond motifs is 1. The average molecular weight is 356 g/mol. The monoisotopic (exact) mass is 356 g/mol. The second-order valence-electron chi connectivity index (χ2n) is 6.84. The fourth-order valence-electron chi connectivity index (χ4n) is 3.53. The third kappa shape index (κ3) is 3.45. The number of methoxy groups -OCH3 is 1. The lowest BCUT2D eigenvalue weighted by molar-refractivity contribution is 0.161. The molecule has 0 radical (unpaired) electrons. The number of aromatic nitrogens is 7. The molecule has 4 rings (SSSR count). The van der Waals surface area contributed by atoms with Crippen LogP contribution < -0.4 is 0 Å². The summed E-state index contributed by atoms with van der Waals surface area (Å²) in [5.74, 6) is 0.891. The Morgan fingerprint density at radius 2 is 2.00 bits per heavy atom. The fourth-order valence-corrected chi connectivity index (χ4v) is 3.53. The maximum Gasteiger partial charge on any atom is 0.165 e. The molecule has 26 heavy (non-hydrogen) atoms. The van der Waals surface area contributed by atoms with Crippen LogP contribution in [0.5, 0.6) is 0 Å². The number of benzene rings is 1. The zero-order valence-corrected chi connectivity index (χ0v) is 15.2. The van der Waals surface area contributed by atoms with Crippen molar-refractivity contribution in [1.82, 2.24) is 40.1 Å². The molecule has 0 bridgehead atoms. The molecule has 0 atom stereocenters. The van der Waals surface area contributed by atoms with Crippen LogP contribution in [0, 0.1) is 6.92 Å². The van der Waals surface area contributed by atoms with Crippen molar-refractivity contribution < 1.29 is 4.74 Å². The molecular formula is C17H24N8O. The minimum absolute atomic E-state index is 0.392. The van der Waals surface area contributed by atoms with Gasteiger partial charge in [-0.1, -0.05) is 11.3 Å². The Morgan fingerprint density at radius 3 is 2.81 bits per heavy atom. The van der Waals surface area contributed by atoms with E-state index in [1.807, 2.05) is 4.68 Å². The molecule has 9 nitrogen and oxygen atoms in total. The second kappa shape index (κ2) is 7.46. The first-order valence-corrected chi connectivity index (χ1v) is 9.02. The molecule has 0 aliphatic carbocycles. The van der Waals surface area contributed by atoms with E-state index >= 15 is 0 Å². The van der Waals surface area contributed by atoms with E-state index in [0.29, 0.717) is 19.2 Å². The maximum absolute atomic E-state index is 5.11. The molecule has 0 saturated carbocycles. The Balaban J connectivity index is 1.39. The Morgan fingerprint density at radius 1 is 1.15 bits per heavy atom. The number of tetrazole rings is 1. The van der Waals surface area contributed by atoms with Gasteiger partial charge in [0, 0.05) is 20.2 Å². The van der Waals surface area contributed by atoms with Crippen LogP contribution in [0.3, 0.4) is 0 Å². The summed E-state index contributed by atoms with van der Waals surface area (Å²) >= 11 is 0. The van der Waals surface area contributed by atoms with Gasteiger partial charge in [-0.3, -0.25) is 4.90 Å². The number of aryl methyl sites for hydroxylation is 1. The molecule has 0 unspecified atom stereocenters. The molecule has 1 aliphatic rings. The van der Waals surface area contributed by atoms with E-state index in [0.717, 1.165) is 49.3 Å². The fraction of sp³-hybridized carbons (Fsp3) is 0.588. The van der Waals surface area contributed by atoms with Crippen molar-refractivity contribution in [2.75, 3.05) is 26.8 Å². The van der Waals surface area contributed by atoms with Crippen LogP contribution in [0.1, 0.15) is 30.3 Å². The van der Waals surface area contributed by atoms with Crippen LogP contribution in [0.4, 0.5) is 0 Å². The Labute approximate surface area is 151 Å². The molecule has 0 N–H and O–H groups in total. The summed E-state index contributed by atoms with van der Waals surface area (Å²) in [6, 6.07) is 6.73. The number of likely N-dealkylation sites (tertiary alicyclic amines) is 1. The largest absolute Gasteiger partial charge is 0.383 e. The Hall–Kier alpha value is -2.39. The van der Waals surface area contributed by atoms with E-state index in [1.165, 1.54) is 5.56 Å². The first kappa shape index (κ1) is 17.0. The molecule has 1 saturated heterocycles. The number of rotatable bonds is 6.